The van der Waals surface area contributed by atoms with Crippen molar-refractivity contribution < 1.29 is 24.1 Å². The van der Waals surface area contributed by atoms with E-state index in [4.69, 9.17) is 0 Å². The fourth-order valence-corrected chi connectivity index (χ4v) is 2.58. The van der Waals surface area contributed by atoms with E-state index in [1.54, 1.807) is 0 Å². The predicted octanol–water partition coefficient (Wildman–Crippen LogP) is 0.261. The van der Waals surface area contributed by atoms with Crippen molar-refractivity contribution in [1.29, 1.82) is 0 Å². The van der Waals surface area contributed by atoms with Gasteiger partial charge in [-0.2, -0.15) is 0 Å². The molecule has 1 aromatic carbocycles. The van der Waals surface area contributed by atoms with E-state index in [9.17, 15) is 24.1 Å². The second-order valence-corrected chi connectivity index (χ2v) is 5.10. The SMILES string of the molecule is O[C@H]1[C@H](O)C(C(F)F)N(CCc2ccccc2)C[C@@H]1O. The van der Waals surface area contributed by atoms with Crippen LogP contribution >= 0.6 is 0 Å². The summed E-state index contributed by atoms with van der Waals surface area (Å²) in [5, 5.41) is 28.8. The monoisotopic (exact) mass is 287 g/mol. The second-order valence-electron chi connectivity index (χ2n) is 5.10. The lowest BCUT2D eigenvalue weighted by Crippen LogP contribution is -2.63. The van der Waals surface area contributed by atoms with E-state index in [1.165, 1.54) is 4.90 Å². The van der Waals surface area contributed by atoms with Gasteiger partial charge in [-0.25, -0.2) is 8.78 Å². The fraction of sp³-hybridized carbons (Fsp3) is 0.571. The fourth-order valence-electron chi connectivity index (χ4n) is 2.58. The molecule has 0 saturated carbocycles. The highest BCUT2D eigenvalue weighted by Crippen LogP contribution is 2.24. The summed E-state index contributed by atoms with van der Waals surface area (Å²) in [6.45, 7) is 0.222. The zero-order valence-corrected chi connectivity index (χ0v) is 10.9. The molecule has 0 radical (unpaired) electrons. The van der Waals surface area contributed by atoms with Gasteiger partial charge in [0.2, 0.25) is 0 Å². The van der Waals surface area contributed by atoms with Crippen molar-refractivity contribution >= 4 is 0 Å². The zero-order valence-electron chi connectivity index (χ0n) is 10.9. The summed E-state index contributed by atoms with van der Waals surface area (Å²) in [6.07, 6.45) is -6.62. The lowest BCUT2D eigenvalue weighted by molar-refractivity contribution is -0.165. The highest BCUT2D eigenvalue weighted by molar-refractivity contribution is 5.15. The highest BCUT2D eigenvalue weighted by atomic mass is 19.3. The van der Waals surface area contributed by atoms with Crippen molar-refractivity contribution in [2.75, 3.05) is 13.1 Å². The van der Waals surface area contributed by atoms with Gasteiger partial charge in [-0.1, -0.05) is 30.3 Å². The van der Waals surface area contributed by atoms with Crippen LogP contribution in [0, 0.1) is 0 Å². The lowest BCUT2D eigenvalue weighted by atomic mass is 9.93. The largest absolute Gasteiger partial charge is 0.389 e. The summed E-state index contributed by atoms with van der Waals surface area (Å²) >= 11 is 0. The maximum Gasteiger partial charge on any atom is 0.256 e. The molecule has 0 spiro atoms. The molecular weight excluding hydrogens is 268 g/mol. The first-order valence-corrected chi connectivity index (χ1v) is 6.61. The second kappa shape index (κ2) is 6.58. The number of hydrogen-bond donors (Lipinski definition) is 3. The smallest absolute Gasteiger partial charge is 0.256 e. The first kappa shape index (κ1) is 15.3. The zero-order chi connectivity index (χ0) is 14.7. The van der Waals surface area contributed by atoms with Crippen LogP contribution in [0.5, 0.6) is 0 Å². The first-order valence-electron chi connectivity index (χ1n) is 6.61. The molecule has 1 aliphatic rings. The number of hydrogen-bond acceptors (Lipinski definition) is 4. The average molecular weight is 287 g/mol. The first-order chi connectivity index (χ1) is 9.50. The molecule has 0 bridgehead atoms. The molecule has 1 aromatic rings. The number of nitrogens with zero attached hydrogens (tertiary/aromatic N) is 1. The summed E-state index contributed by atoms with van der Waals surface area (Å²) in [6, 6.07) is 7.94. The van der Waals surface area contributed by atoms with Gasteiger partial charge in [0.25, 0.3) is 6.43 Å². The number of piperidine rings is 1. The van der Waals surface area contributed by atoms with Crippen LogP contribution in [0.25, 0.3) is 0 Å². The van der Waals surface area contributed by atoms with Crippen LogP contribution < -0.4 is 0 Å². The number of benzene rings is 1. The molecule has 1 saturated heterocycles. The third kappa shape index (κ3) is 3.32. The van der Waals surface area contributed by atoms with E-state index in [1.807, 2.05) is 30.3 Å². The summed E-state index contributed by atoms with van der Waals surface area (Å²) in [5.41, 5.74) is 0.996. The van der Waals surface area contributed by atoms with Crippen molar-refractivity contribution in [1.82, 2.24) is 4.90 Å². The summed E-state index contributed by atoms with van der Waals surface area (Å²) < 4.78 is 26.1. The topological polar surface area (TPSA) is 63.9 Å². The Morgan fingerprint density at radius 3 is 2.35 bits per heavy atom. The van der Waals surface area contributed by atoms with Crippen molar-refractivity contribution in [3.63, 3.8) is 0 Å². The summed E-state index contributed by atoms with van der Waals surface area (Å²) in [4.78, 5) is 1.35. The van der Waals surface area contributed by atoms with Crippen LogP contribution in [0.15, 0.2) is 30.3 Å². The third-order valence-corrected chi connectivity index (χ3v) is 3.73. The van der Waals surface area contributed by atoms with E-state index >= 15 is 0 Å². The molecule has 2 rings (SSSR count). The summed E-state index contributed by atoms with van der Waals surface area (Å²) in [7, 11) is 0. The van der Waals surface area contributed by atoms with E-state index < -0.39 is 30.8 Å². The maximum atomic E-state index is 13.1. The van der Waals surface area contributed by atoms with Gasteiger partial charge in [0.15, 0.2) is 0 Å². The molecule has 3 N–H and O–H groups in total. The van der Waals surface area contributed by atoms with Crippen molar-refractivity contribution in [3.8, 4) is 0 Å². The Balaban J connectivity index is 2.04. The molecule has 6 heteroatoms. The Labute approximate surface area is 116 Å². The van der Waals surface area contributed by atoms with Crippen LogP contribution in [-0.4, -0.2) is 64.1 Å². The average Bonchev–Trinajstić information content (AvgIpc) is 2.43. The van der Waals surface area contributed by atoms with E-state index in [-0.39, 0.29) is 6.54 Å². The Kier molecular flexibility index (Phi) is 5.04. The minimum atomic E-state index is -2.78. The number of rotatable bonds is 4. The number of aliphatic hydroxyl groups excluding tert-OH is 3. The van der Waals surface area contributed by atoms with Crippen LogP contribution in [0.2, 0.25) is 0 Å². The number of halogens is 2. The number of β-amino-alcohol motifs (C(OH)–C–C–N with tert-alkyl or cyclic N) is 1. The Morgan fingerprint density at radius 1 is 1.10 bits per heavy atom. The van der Waals surface area contributed by atoms with E-state index in [0.29, 0.717) is 13.0 Å². The molecule has 1 fully saturated rings. The van der Waals surface area contributed by atoms with Crippen LogP contribution in [0.4, 0.5) is 8.78 Å². The van der Waals surface area contributed by atoms with Crippen LogP contribution in [-0.2, 0) is 6.42 Å². The standard InChI is InChI=1S/C14H19F2NO3/c15-14(16)11-13(20)12(19)10(18)8-17(11)7-6-9-4-2-1-3-5-9/h1-5,10-14,18-20H,6-8H2/t10-,11?,12+,13+/m0/s1. The number of likely N-dealkylation sites (tertiary alicyclic amines) is 1. The van der Waals surface area contributed by atoms with Gasteiger partial charge in [-0.3, -0.25) is 4.90 Å². The molecule has 0 aliphatic carbocycles. The normalized spacial score (nSPS) is 31.7. The van der Waals surface area contributed by atoms with Gasteiger partial charge in [-0.15, -0.1) is 0 Å². The molecule has 4 nitrogen and oxygen atoms in total. The van der Waals surface area contributed by atoms with Gasteiger partial charge in [0.1, 0.15) is 12.2 Å². The molecule has 20 heavy (non-hydrogen) atoms. The Bertz CT molecular complexity index is 418. The minimum absolute atomic E-state index is 0.0694. The maximum absolute atomic E-state index is 13.1. The summed E-state index contributed by atoms with van der Waals surface area (Å²) in [5.74, 6) is 0. The Hall–Kier alpha value is -1.08. The quantitative estimate of drug-likeness (QED) is 0.743. The lowest BCUT2D eigenvalue weighted by Gasteiger charge is -2.43. The molecule has 112 valence electrons. The van der Waals surface area contributed by atoms with Gasteiger partial charge >= 0.3 is 0 Å². The molecule has 0 amide bonds. The third-order valence-electron chi connectivity index (χ3n) is 3.73. The van der Waals surface area contributed by atoms with Gasteiger partial charge < -0.3 is 15.3 Å². The predicted molar refractivity (Wildman–Crippen MR) is 69.5 cm³/mol. The number of aliphatic hydroxyl groups is 3. The molecule has 1 aliphatic heterocycles. The molecule has 0 aromatic heterocycles. The highest BCUT2D eigenvalue weighted by Gasteiger charge is 2.45. The molecule has 1 heterocycles. The Morgan fingerprint density at radius 2 is 1.75 bits per heavy atom. The van der Waals surface area contributed by atoms with E-state index in [0.717, 1.165) is 5.56 Å². The van der Waals surface area contributed by atoms with Crippen LogP contribution in [0.3, 0.4) is 0 Å². The van der Waals surface area contributed by atoms with Gasteiger partial charge in [0.05, 0.1) is 12.1 Å². The minimum Gasteiger partial charge on any atom is -0.389 e. The van der Waals surface area contributed by atoms with Crippen LogP contribution in [0.1, 0.15) is 5.56 Å². The van der Waals surface area contributed by atoms with Crippen molar-refractivity contribution in [3.05, 3.63) is 35.9 Å². The van der Waals surface area contributed by atoms with Crippen molar-refractivity contribution in [2.45, 2.75) is 37.2 Å². The van der Waals surface area contributed by atoms with Gasteiger partial charge in [0, 0.05) is 13.1 Å². The number of alkyl halides is 2. The molecular formula is C14H19F2NO3. The molecule has 1 unspecified atom stereocenters. The van der Waals surface area contributed by atoms with E-state index in [2.05, 4.69) is 0 Å². The van der Waals surface area contributed by atoms with Crippen molar-refractivity contribution in [2.24, 2.45) is 0 Å². The van der Waals surface area contributed by atoms with Gasteiger partial charge in [-0.05, 0) is 12.0 Å². The molecule has 4 atom stereocenters.